The van der Waals surface area contributed by atoms with Crippen LogP contribution in [0.5, 0.6) is 0 Å². The molecule has 0 spiro atoms. The van der Waals surface area contributed by atoms with Gasteiger partial charge in [0, 0.05) is 52.4 Å². The number of hydrogen-bond donors (Lipinski definition) is 2. The molecule has 2 saturated heterocycles. The molecule has 0 bridgehead atoms. The van der Waals surface area contributed by atoms with Gasteiger partial charge in [-0.3, -0.25) is 9.89 Å². The smallest absolute Gasteiger partial charge is 0.191 e. The van der Waals surface area contributed by atoms with E-state index < -0.39 is 0 Å². The summed E-state index contributed by atoms with van der Waals surface area (Å²) in [6.45, 7) is 12.8. The molecule has 146 valence electrons. The van der Waals surface area contributed by atoms with Crippen molar-refractivity contribution in [2.45, 2.75) is 32.4 Å². The van der Waals surface area contributed by atoms with Gasteiger partial charge in [0.25, 0.3) is 0 Å². The Morgan fingerprint density at radius 3 is 2.56 bits per heavy atom. The average molecular weight is 356 g/mol. The molecule has 0 aromatic rings. The first-order valence-electron chi connectivity index (χ1n) is 9.65. The Bertz CT molecular complexity index is 399. The predicted octanol–water partition coefficient (Wildman–Crippen LogP) is 0.229. The Morgan fingerprint density at radius 2 is 1.92 bits per heavy atom. The second-order valence-electron chi connectivity index (χ2n) is 7.52. The normalized spacial score (nSPS) is 25.2. The third-order valence-electron chi connectivity index (χ3n) is 4.87. The summed E-state index contributed by atoms with van der Waals surface area (Å²) < 4.78 is 11.3. The zero-order chi connectivity index (χ0) is 18.1. The van der Waals surface area contributed by atoms with E-state index in [2.05, 4.69) is 46.3 Å². The van der Waals surface area contributed by atoms with Crippen LogP contribution in [0.3, 0.4) is 0 Å². The van der Waals surface area contributed by atoms with E-state index in [1.807, 2.05) is 7.05 Å². The van der Waals surface area contributed by atoms with Crippen molar-refractivity contribution in [2.75, 3.05) is 73.2 Å². The molecule has 0 aliphatic carbocycles. The molecule has 0 radical (unpaired) electrons. The van der Waals surface area contributed by atoms with E-state index in [-0.39, 0.29) is 6.10 Å². The number of nitrogens with zero attached hydrogens (tertiary/aromatic N) is 3. The number of guanidine groups is 1. The van der Waals surface area contributed by atoms with E-state index >= 15 is 0 Å². The highest BCUT2D eigenvalue weighted by Crippen LogP contribution is 2.13. The number of rotatable bonds is 7. The second-order valence-corrected chi connectivity index (χ2v) is 7.52. The first-order chi connectivity index (χ1) is 12.1. The molecule has 2 aliphatic rings. The van der Waals surface area contributed by atoms with Gasteiger partial charge < -0.3 is 25.0 Å². The average Bonchev–Trinajstić information content (AvgIpc) is 2.61. The fourth-order valence-corrected chi connectivity index (χ4v) is 3.48. The fraction of sp³-hybridized carbons (Fsp3) is 0.944. The van der Waals surface area contributed by atoms with Crippen molar-refractivity contribution in [2.24, 2.45) is 10.9 Å². The van der Waals surface area contributed by atoms with Crippen LogP contribution in [-0.4, -0.2) is 101 Å². The summed E-state index contributed by atoms with van der Waals surface area (Å²) in [5.41, 5.74) is 0. The number of likely N-dealkylation sites (N-methyl/N-ethyl adjacent to an activating group) is 1. The second kappa shape index (κ2) is 11.0. The lowest BCUT2D eigenvalue weighted by Crippen LogP contribution is -2.52. The molecule has 2 heterocycles. The molecule has 0 aromatic heterocycles. The van der Waals surface area contributed by atoms with E-state index in [4.69, 9.17) is 9.47 Å². The fourth-order valence-electron chi connectivity index (χ4n) is 3.48. The largest absolute Gasteiger partial charge is 0.379 e. The van der Waals surface area contributed by atoms with E-state index in [0.29, 0.717) is 12.0 Å². The summed E-state index contributed by atoms with van der Waals surface area (Å²) in [4.78, 5) is 9.22. The van der Waals surface area contributed by atoms with Gasteiger partial charge in [0.15, 0.2) is 5.96 Å². The SMILES string of the molecule is CN=C(NCC1CN(C)CCO1)NCC(CC(C)C)N1CCOCC1. The Labute approximate surface area is 153 Å². The molecular weight excluding hydrogens is 318 g/mol. The van der Waals surface area contributed by atoms with Gasteiger partial charge in [-0.1, -0.05) is 13.8 Å². The maximum atomic E-state index is 5.81. The van der Waals surface area contributed by atoms with Crippen molar-refractivity contribution in [3.63, 3.8) is 0 Å². The van der Waals surface area contributed by atoms with Crippen LogP contribution in [0.2, 0.25) is 0 Å². The summed E-state index contributed by atoms with van der Waals surface area (Å²) >= 11 is 0. The van der Waals surface area contributed by atoms with Crippen molar-refractivity contribution >= 4 is 5.96 Å². The van der Waals surface area contributed by atoms with Crippen LogP contribution >= 0.6 is 0 Å². The molecule has 7 nitrogen and oxygen atoms in total. The van der Waals surface area contributed by atoms with Gasteiger partial charge in [-0.15, -0.1) is 0 Å². The zero-order valence-electron chi connectivity index (χ0n) is 16.5. The van der Waals surface area contributed by atoms with Crippen molar-refractivity contribution in [1.29, 1.82) is 0 Å². The Morgan fingerprint density at radius 1 is 1.16 bits per heavy atom. The Balaban J connectivity index is 1.77. The van der Waals surface area contributed by atoms with Crippen LogP contribution in [0.15, 0.2) is 4.99 Å². The monoisotopic (exact) mass is 355 g/mol. The first kappa shape index (κ1) is 20.4. The van der Waals surface area contributed by atoms with Crippen LogP contribution in [0, 0.1) is 5.92 Å². The van der Waals surface area contributed by atoms with Gasteiger partial charge in [-0.25, -0.2) is 0 Å². The number of hydrogen-bond acceptors (Lipinski definition) is 5. The number of morpholine rings is 2. The van der Waals surface area contributed by atoms with Crippen molar-refractivity contribution in [3.8, 4) is 0 Å². The van der Waals surface area contributed by atoms with Crippen LogP contribution in [0.1, 0.15) is 20.3 Å². The number of ether oxygens (including phenoxy) is 2. The van der Waals surface area contributed by atoms with Crippen LogP contribution in [0.4, 0.5) is 0 Å². The van der Waals surface area contributed by atoms with Crippen LogP contribution in [-0.2, 0) is 9.47 Å². The molecule has 0 amide bonds. The van der Waals surface area contributed by atoms with Crippen LogP contribution < -0.4 is 10.6 Å². The van der Waals surface area contributed by atoms with Gasteiger partial charge in [-0.05, 0) is 19.4 Å². The van der Waals surface area contributed by atoms with E-state index in [1.54, 1.807) is 0 Å². The summed E-state index contributed by atoms with van der Waals surface area (Å²) in [6, 6.07) is 0.513. The molecule has 2 atom stereocenters. The van der Waals surface area contributed by atoms with Gasteiger partial charge in [-0.2, -0.15) is 0 Å². The summed E-state index contributed by atoms with van der Waals surface area (Å²) in [5, 5.41) is 6.93. The molecule has 25 heavy (non-hydrogen) atoms. The number of nitrogens with one attached hydrogen (secondary N) is 2. The molecule has 0 saturated carbocycles. The lowest BCUT2D eigenvalue weighted by Gasteiger charge is -2.36. The summed E-state index contributed by atoms with van der Waals surface area (Å²) in [5.74, 6) is 1.54. The highest BCUT2D eigenvalue weighted by Gasteiger charge is 2.22. The number of aliphatic imine (C=N–C) groups is 1. The minimum absolute atomic E-state index is 0.225. The summed E-state index contributed by atoms with van der Waals surface area (Å²) in [7, 11) is 3.97. The third kappa shape index (κ3) is 7.48. The summed E-state index contributed by atoms with van der Waals surface area (Å²) in [6.07, 6.45) is 1.41. The zero-order valence-corrected chi connectivity index (χ0v) is 16.5. The molecule has 2 rings (SSSR count). The highest BCUT2D eigenvalue weighted by atomic mass is 16.5. The topological polar surface area (TPSA) is 61.4 Å². The van der Waals surface area contributed by atoms with Gasteiger partial charge in [0.2, 0.25) is 0 Å². The Kier molecular flexibility index (Phi) is 8.95. The third-order valence-corrected chi connectivity index (χ3v) is 4.87. The predicted molar refractivity (Wildman–Crippen MR) is 102 cm³/mol. The Hall–Kier alpha value is -0.890. The minimum Gasteiger partial charge on any atom is -0.379 e. The van der Waals surface area contributed by atoms with E-state index in [9.17, 15) is 0 Å². The van der Waals surface area contributed by atoms with E-state index in [1.165, 1.54) is 6.42 Å². The minimum atomic E-state index is 0.225. The van der Waals surface area contributed by atoms with Crippen molar-refractivity contribution < 1.29 is 9.47 Å². The maximum absolute atomic E-state index is 5.81. The molecule has 2 aliphatic heterocycles. The van der Waals surface area contributed by atoms with Gasteiger partial charge >= 0.3 is 0 Å². The van der Waals surface area contributed by atoms with Gasteiger partial charge in [0.1, 0.15) is 0 Å². The maximum Gasteiger partial charge on any atom is 0.191 e. The lowest BCUT2D eigenvalue weighted by atomic mass is 10.0. The molecule has 7 heteroatoms. The standard InChI is InChI=1S/C18H37N5O2/c1-15(2)11-16(23-6-8-24-9-7-23)12-20-18(19-3)21-13-17-14-22(4)5-10-25-17/h15-17H,5-14H2,1-4H3,(H2,19,20,21). The molecule has 0 aromatic carbocycles. The van der Waals surface area contributed by atoms with Gasteiger partial charge in [0.05, 0.1) is 25.9 Å². The lowest BCUT2D eigenvalue weighted by molar-refractivity contribution is -0.0161. The highest BCUT2D eigenvalue weighted by molar-refractivity contribution is 5.79. The van der Waals surface area contributed by atoms with Crippen molar-refractivity contribution in [3.05, 3.63) is 0 Å². The first-order valence-corrected chi connectivity index (χ1v) is 9.65. The molecular formula is C18H37N5O2. The quantitative estimate of drug-likeness (QED) is 0.504. The molecule has 2 N–H and O–H groups in total. The molecule has 2 fully saturated rings. The van der Waals surface area contributed by atoms with Crippen molar-refractivity contribution in [1.82, 2.24) is 20.4 Å². The van der Waals surface area contributed by atoms with Crippen LogP contribution in [0.25, 0.3) is 0 Å². The van der Waals surface area contributed by atoms with E-state index in [0.717, 1.165) is 65.0 Å². The molecule has 2 unspecified atom stereocenters.